The van der Waals surface area contributed by atoms with Crippen LogP contribution in [0.15, 0.2) is 45.4 Å². The van der Waals surface area contributed by atoms with Crippen LogP contribution in [0.5, 0.6) is 0 Å². The monoisotopic (exact) mass is 297 g/mol. The van der Waals surface area contributed by atoms with Crippen LogP contribution >= 0.6 is 27.7 Å². The van der Waals surface area contributed by atoms with Gasteiger partial charge in [0.25, 0.3) is 0 Å². The SMILES string of the molecule is OCc1cnc(Sc2ccc(Br)cn2)nc1. The Morgan fingerprint density at radius 1 is 1.12 bits per heavy atom. The second kappa shape index (κ2) is 5.38. The molecule has 1 N–H and O–H groups in total. The topological polar surface area (TPSA) is 58.9 Å². The Hall–Kier alpha value is -0.980. The van der Waals surface area contributed by atoms with Crippen molar-refractivity contribution in [1.29, 1.82) is 0 Å². The summed E-state index contributed by atoms with van der Waals surface area (Å²) in [4.78, 5) is 12.4. The smallest absolute Gasteiger partial charge is 0.193 e. The molecular weight excluding hydrogens is 290 g/mol. The van der Waals surface area contributed by atoms with E-state index in [1.807, 2.05) is 12.1 Å². The van der Waals surface area contributed by atoms with Gasteiger partial charge in [-0.25, -0.2) is 15.0 Å². The van der Waals surface area contributed by atoms with Gasteiger partial charge in [-0.2, -0.15) is 0 Å². The standard InChI is InChI=1S/C10H8BrN3OS/c11-8-1-2-9(12-5-8)16-10-13-3-7(6-15)4-14-10/h1-5,15H,6H2. The molecule has 2 rings (SSSR count). The minimum absolute atomic E-state index is 0.0402. The first-order valence-corrected chi connectivity index (χ1v) is 6.10. The van der Waals surface area contributed by atoms with Crippen molar-refractivity contribution in [1.82, 2.24) is 15.0 Å². The molecule has 0 aliphatic rings. The van der Waals surface area contributed by atoms with Crippen LogP contribution in [0.25, 0.3) is 0 Å². The van der Waals surface area contributed by atoms with E-state index in [2.05, 4.69) is 30.9 Å². The van der Waals surface area contributed by atoms with E-state index >= 15 is 0 Å². The van der Waals surface area contributed by atoms with Gasteiger partial charge >= 0.3 is 0 Å². The Labute approximate surface area is 105 Å². The van der Waals surface area contributed by atoms with Crippen molar-refractivity contribution < 1.29 is 5.11 Å². The minimum Gasteiger partial charge on any atom is -0.392 e. The number of nitrogens with zero attached hydrogens (tertiary/aromatic N) is 3. The number of rotatable bonds is 3. The zero-order valence-electron chi connectivity index (χ0n) is 8.17. The highest BCUT2D eigenvalue weighted by atomic mass is 79.9. The van der Waals surface area contributed by atoms with Crippen molar-refractivity contribution in [2.75, 3.05) is 0 Å². The molecule has 0 bridgehead atoms. The largest absolute Gasteiger partial charge is 0.392 e. The fourth-order valence-corrected chi connectivity index (χ4v) is 1.87. The van der Waals surface area contributed by atoms with E-state index in [0.29, 0.717) is 10.7 Å². The Morgan fingerprint density at radius 3 is 2.44 bits per heavy atom. The van der Waals surface area contributed by atoms with Gasteiger partial charge in [0.15, 0.2) is 5.16 Å². The Balaban J connectivity index is 2.11. The summed E-state index contributed by atoms with van der Waals surface area (Å²) in [6, 6.07) is 3.80. The molecule has 0 spiro atoms. The highest BCUT2D eigenvalue weighted by molar-refractivity contribution is 9.10. The van der Waals surface area contributed by atoms with Gasteiger partial charge in [-0.3, -0.25) is 0 Å². The number of aliphatic hydroxyl groups is 1. The molecule has 2 aromatic rings. The Bertz CT molecular complexity index is 460. The molecule has 0 saturated heterocycles. The predicted molar refractivity (Wildman–Crippen MR) is 64.0 cm³/mol. The first kappa shape index (κ1) is 11.5. The van der Waals surface area contributed by atoms with Crippen LogP contribution < -0.4 is 0 Å². The van der Waals surface area contributed by atoms with Gasteiger partial charge in [-0.1, -0.05) is 0 Å². The first-order valence-electron chi connectivity index (χ1n) is 4.49. The molecule has 0 aromatic carbocycles. The lowest BCUT2D eigenvalue weighted by Gasteiger charge is -2.00. The van der Waals surface area contributed by atoms with E-state index in [1.54, 1.807) is 18.6 Å². The van der Waals surface area contributed by atoms with E-state index < -0.39 is 0 Å². The molecule has 16 heavy (non-hydrogen) atoms. The summed E-state index contributed by atoms with van der Waals surface area (Å²) in [5.74, 6) is 0. The van der Waals surface area contributed by atoms with Crippen LogP contribution in [0.3, 0.4) is 0 Å². The third-order valence-electron chi connectivity index (χ3n) is 1.76. The van der Waals surface area contributed by atoms with Crippen LogP contribution in [0.4, 0.5) is 0 Å². The average Bonchev–Trinajstić information content (AvgIpc) is 2.33. The van der Waals surface area contributed by atoms with Gasteiger partial charge in [0, 0.05) is 28.6 Å². The van der Waals surface area contributed by atoms with Gasteiger partial charge in [-0.15, -0.1) is 0 Å². The van der Waals surface area contributed by atoms with Crippen molar-refractivity contribution >= 4 is 27.7 Å². The van der Waals surface area contributed by atoms with Gasteiger partial charge in [0.1, 0.15) is 5.03 Å². The summed E-state index contributed by atoms with van der Waals surface area (Å²) in [5, 5.41) is 10.3. The quantitative estimate of drug-likeness (QED) is 0.881. The van der Waals surface area contributed by atoms with Crippen molar-refractivity contribution in [2.24, 2.45) is 0 Å². The summed E-state index contributed by atoms with van der Waals surface area (Å²) in [5.41, 5.74) is 0.702. The van der Waals surface area contributed by atoms with E-state index in [4.69, 9.17) is 5.11 Å². The maximum atomic E-state index is 8.84. The van der Waals surface area contributed by atoms with E-state index in [-0.39, 0.29) is 6.61 Å². The summed E-state index contributed by atoms with van der Waals surface area (Å²) in [7, 11) is 0. The second-order valence-electron chi connectivity index (χ2n) is 2.95. The fraction of sp³-hybridized carbons (Fsp3) is 0.100. The lowest BCUT2D eigenvalue weighted by Crippen LogP contribution is -1.91. The van der Waals surface area contributed by atoms with E-state index in [0.717, 1.165) is 9.50 Å². The predicted octanol–water partition coefficient (Wildman–Crippen LogP) is 2.28. The van der Waals surface area contributed by atoms with Gasteiger partial charge in [-0.05, 0) is 39.8 Å². The van der Waals surface area contributed by atoms with Gasteiger partial charge in [0.2, 0.25) is 0 Å². The van der Waals surface area contributed by atoms with Gasteiger partial charge < -0.3 is 5.11 Å². The van der Waals surface area contributed by atoms with Crippen LogP contribution in [-0.2, 0) is 6.61 Å². The lowest BCUT2D eigenvalue weighted by molar-refractivity contribution is 0.280. The zero-order valence-corrected chi connectivity index (χ0v) is 10.6. The van der Waals surface area contributed by atoms with Crippen LogP contribution in [0.2, 0.25) is 0 Å². The van der Waals surface area contributed by atoms with Crippen LogP contribution in [0.1, 0.15) is 5.56 Å². The molecule has 82 valence electrons. The number of aromatic nitrogens is 3. The summed E-state index contributed by atoms with van der Waals surface area (Å²) in [6.45, 7) is -0.0402. The highest BCUT2D eigenvalue weighted by Gasteiger charge is 2.01. The Morgan fingerprint density at radius 2 is 1.88 bits per heavy atom. The third kappa shape index (κ3) is 3.01. The lowest BCUT2D eigenvalue weighted by atomic mass is 10.4. The van der Waals surface area contributed by atoms with Crippen molar-refractivity contribution in [3.05, 3.63) is 40.8 Å². The van der Waals surface area contributed by atoms with Crippen molar-refractivity contribution in [3.63, 3.8) is 0 Å². The van der Waals surface area contributed by atoms with Crippen molar-refractivity contribution in [3.8, 4) is 0 Å². The molecular formula is C10H8BrN3OS. The third-order valence-corrected chi connectivity index (χ3v) is 3.07. The molecule has 0 amide bonds. The molecule has 0 atom stereocenters. The second-order valence-corrected chi connectivity index (χ2v) is 4.85. The van der Waals surface area contributed by atoms with Crippen molar-refractivity contribution in [2.45, 2.75) is 16.8 Å². The number of pyridine rings is 1. The molecule has 0 aliphatic carbocycles. The fourth-order valence-electron chi connectivity index (χ4n) is 0.993. The maximum absolute atomic E-state index is 8.84. The maximum Gasteiger partial charge on any atom is 0.193 e. The number of hydrogen-bond donors (Lipinski definition) is 1. The summed E-state index contributed by atoms with van der Waals surface area (Å²) in [6.07, 6.45) is 4.94. The molecule has 2 heterocycles. The Kier molecular flexibility index (Phi) is 3.87. The molecule has 2 aromatic heterocycles. The van der Waals surface area contributed by atoms with Crippen LogP contribution in [-0.4, -0.2) is 20.1 Å². The number of hydrogen-bond acceptors (Lipinski definition) is 5. The summed E-state index contributed by atoms with van der Waals surface area (Å²) >= 11 is 4.70. The van der Waals surface area contributed by atoms with Crippen LogP contribution in [0, 0.1) is 0 Å². The van der Waals surface area contributed by atoms with E-state index in [1.165, 1.54) is 11.8 Å². The van der Waals surface area contributed by atoms with E-state index in [9.17, 15) is 0 Å². The molecule has 0 unspecified atom stereocenters. The number of halogens is 1. The molecule has 6 heteroatoms. The highest BCUT2D eigenvalue weighted by Crippen LogP contribution is 2.22. The molecule has 0 fully saturated rings. The normalized spacial score (nSPS) is 10.4. The average molecular weight is 298 g/mol. The molecule has 0 aliphatic heterocycles. The molecule has 0 saturated carbocycles. The zero-order chi connectivity index (χ0) is 11.4. The summed E-state index contributed by atoms with van der Waals surface area (Å²) < 4.78 is 0.938. The molecule has 0 radical (unpaired) electrons. The number of aliphatic hydroxyl groups excluding tert-OH is 1. The minimum atomic E-state index is -0.0402. The first-order chi connectivity index (χ1) is 7.78. The van der Waals surface area contributed by atoms with Gasteiger partial charge in [0.05, 0.1) is 6.61 Å². The molecule has 4 nitrogen and oxygen atoms in total.